The molecule has 0 amide bonds. The Bertz CT molecular complexity index is 468. The molecule has 1 aromatic heterocycles. The van der Waals surface area contributed by atoms with E-state index in [1.54, 1.807) is 11.3 Å². The summed E-state index contributed by atoms with van der Waals surface area (Å²) in [6.45, 7) is 0. The summed E-state index contributed by atoms with van der Waals surface area (Å²) < 4.78 is 2.12. The molecule has 0 N–H and O–H groups in total. The van der Waals surface area contributed by atoms with E-state index < -0.39 is 0 Å². The Morgan fingerprint density at radius 1 is 1.25 bits per heavy atom. The van der Waals surface area contributed by atoms with Crippen molar-refractivity contribution in [1.82, 2.24) is 0 Å². The van der Waals surface area contributed by atoms with Gasteiger partial charge in [0.15, 0.2) is 0 Å². The van der Waals surface area contributed by atoms with Crippen LogP contribution < -0.4 is 0 Å². The van der Waals surface area contributed by atoms with E-state index in [2.05, 4.69) is 55.4 Å². The van der Waals surface area contributed by atoms with Gasteiger partial charge in [-0.2, -0.15) is 0 Å². The molecule has 84 valence electrons. The highest BCUT2D eigenvalue weighted by Gasteiger charge is 2.13. The van der Waals surface area contributed by atoms with Crippen LogP contribution in [0.5, 0.6) is 0 Å². The number of alkyl halides is 1. The van der Waals surface area contributed by atoms with Crippen LogP contribution in [-0.4, -0.2) is 0 Å². The van der Waals surface area contributed by atoms with Crippen molar-refractivity contribution < 1.29 is 0 Å². The molecular weight excluding hydrogens is 371 g/mol. The second-order valence-electron chi connectivity index (χ2n) is 3.42. The fraction of sp³-hybridized carbons (Fsp3) is 0.167. The van der Waals surface area contributed by atoms with Crippen molar-refractivity contribution in [3.05, 3.63) is 55.1 Å². The first kappa shape index (κ1) is 12.6. The van der Waals surface area contributed by atoms with E-state index in [1.807, 2.05) is 12.1 Å². The number of benzene rings is 1. The van der Waals surface area contributed by atoms with Crippen LogP contribution in [0.25, 0.3) is 0 Å². The molecular formula is C12H9Br2ClS. The van der Waals surface area contributed by atoms with E-state index in [0.717, 1.165) is 20.9 Å². The average Bonchev–Trinajstić information content (AvgIpc) is 2.74. The van der Waals surface area contributed by atoms with Gasteiger partial charge in [0.05, 0.1) is 5.38 Å². The minimum absolute atomic E-state index is 0.00512. The lowest BCUT2D eigenvalue weighted by Gasteiger charge is -2.11. The molecule has 2 rings (SSSR count). The first-order chi connectivity index (χ1) is 7.66. The second kappa shape index (κ2) is 5.67. The van der Waals surface area contributed by atoms with Gasteiger partial charge >= 0.3 is 0 Å². The van der Waals surface area contributed by atoms with Crippen LogP contribution in [0.1, 0.15) is 15.8 Å². The first-order valence-corrected chi connectivity index (χ1v) is 7.68. The zero-order chi connectivity index (χ0) is 11.5. The average molecular weight is 381 g/mol. The number of thiophene rings is 1. The van der Waals surface area contributed by atoms with Crippen LogP contribution in [0.15, 0.2) is 44.7 Å². The van der Waals surface area contributed by atoms with Crippen LogP contribution in [0.4, 0.5) is 0 Å². The maximum absolute atomic E-state index is 6.43. The zero-order valence-corrected chi connectivity index (χ0v) is 13.0. The fourth-order valence-corrected chi connectivity index (χ4v) is 3.69. The van der Waals surface area contributed by atoms with Crippen LogP contribution in [0.3, 0.4) is 0 Å². The number of halogens is 3. The molecule has 0 aliphatic rings. The lowest BCUT2D eigenvalue weighted by molar-refractivity contribution is 0.931. The van der Waals surface area contributed by atoms with E-state index in [-0.39, 0.29) is 5.38 Å². The van der Waals surface area contributed by atoms with Crippen molar-refractivity contribution in [2.75, 3.05) is 0 Å². The van der Waals surface area contributed by atoms with Gasteiger partial charge in [-0.15, -0.1) is 22.9 Å². The van der Waals surface area contributed by atoms with E-state index in [9.17, 15) is 0 Å². The predicted molar refractivity (Wildman–Crippen MR) is 78.5 cm³/mol. The Labute approximate surface area is 121 Å². The van der Waals surface area contributed by atoms with Crippen LogP contribution in [-0.2, 0) is 6.42 Å². The van der Waals surface area contributed by atoms with Gasteiger partial charge < -0.3 is 0 Å². The SMILES string of the molecule is ClC(Cc1cccs1)c1cc(Br)ccc1Br. The third-order valence-electron chi connectivity index (χ3n) is 2.26. The third-order valence-corrected chi connectivity index (χ3v) is 4.76. The minimum atomic E-state index is 0.00512. The summed E-state index contributed by atoms with van der Waals surface area (Å²) in [6, 6.07) is 10.3. The Kier molecular flexibility index (Phi) is 4.48. The van der Waals surface area contributed by atoms with Crippen molar-refractivity contribution in [3.63, 3.8) is 0 Å². The van der Waals surface area contributed by atoms with E-state index in [0.29, 0.717) is 0 Å². The summed E-state index contributed by atoms with van der Waals surface area (Å²) in [5, 5.41) is 2.08. The molecule has 1 aromatic carbocycles. The lowest BCUT2D eigenvalue weighted by Crippen LogP contribution is -1.95. The Hall–Kier alpha value is 0.170. The van der Waals surface area contributed by atoms with Gasteiger partial charge in [-0.05, 0) is 35.2 Å². The standard InChI is InChI=1S/C12H9Br2ClS/c13-8-3-4-11(14)10(6-8)12(15)7-9-2-1-5-16-9/h1-6,12H,7H2. The predicted octanol–water partition coefficient (Wildman–Crippen LogP) is 5.80. The van der Waals surface area contributed by atoms with Gasteiger partial charge in [0.1, 0.15) is 0 Å². The molecule has 0 fully saturated rings. The van der Waals surface area contributed by atoms with Crippen molar-refractivity contribution in [2.24, 2.45) is 0 Å². The van der Waals surface area contributed by atoms with Crippen LogP contribution in [0.2, 0.25) is 0 Å². The van der Waals surface area contributed by atoms with E-state index in [4.69, 9.17) is 11.6 Å². The third kappa shape index (κ3) is 3.10. The van der Waals surface area contributed by atoms with Gasteiger partial charge in [-0.25, -0.2) is 0 Å². The summed E-state index contributed by atoms with van der Waals surface area (Å²) in [5.74, 6) is 0. The van der Waals surface area contributed by atoms with Gasteiger partial charge in [0.25, 0.3) is 0 Å². The summed E-state index contributed by atoms with van der Waals surface area (Å²) in [7, 11) is 0. The van der Waals surface area contributed by atoms with Crippen molar-refractivity contribution in [1.29, 1.82) is 0 Å². The second-order valence-corrected chi connectivity index (χ2v) is 6.75. The first-order valence-electron chi connectivity index (χ1n) is 4.78. The summed E-state index contributed by atoms with van der Waals surface area (Å²) >= 11 is 15.2. The van der Waals surface area contributed by atoms with Gasteiger partial charge in [0.2, 0.25) is 0 Å². The van der Waals surface area contributed by atoms with Crippen molar-refractivity contribution in [2.45, 2.75) is 11.8 Å². The van der Waals surface area contributed by atoms with Crippen LogP contribution in [0, 0.1) is 0 Å². The molecule has 16 heavy (non-hydrogen) atoms. The van der Waals surface area contributed by atoms with Crippen LogP contribution >= 0.6 is 54.8 Å². The van der Waals surface area contributed by atoms with E-state index in [1.165, 1.54) is 4.88 Å². The van der Waals surface area contributed by atoms with Gasteiger partial charge in [0, 0.05) is 20.2 Å². The van der Waals surface area contributed by atoms with E-state index >= 15 is 0 Å². The Morgan fingerprint density at radius 2 is 2.06 bits per heavy atom. The molecule has 0 radical (unpaired) electrons. The highest BCUT2D eigenvalue weighted by atomic mass is 79.9. The largest absolute Gasteiger partial charge is 0.149 e. The highest BCUT2D eigenvalue weighted by Crippen LogP contribution is 2.33. The maximum Gasteiger partial charge on any atom is 0.0644 e. The molecule has 0 bridgehead atoms. The van der Waals surface area contributed by atoms with Gasteiger partial charge in [-0.3, -0.25) is 0 Å². The summed E-state index contributed by atoms with van der Waals surface area (Å²) in [5.41, 5.74) is 1.13. The maximum atomic E-state index is 6.43. The Balaban J connectivity index is 2.20. The molecule has 0 saturated carbocycles. The smallest absolute Gasteiger partial charge is 0.0644 e. The monoisotopic (exact) mass is 378 g/mol. The zero-order valence-electron chi connectivity index (χ0n) is 8.29. The fourth-order valence-electron chi connectivity index (χ4n) is 1.47. The summed E-state index contributed by atoms with van der Waals surface area (Å²) in [4.78, 5) is 1.31. The lowest BCUT2D eigenvalue weighted by atomic mass is 10.1. The normalized spacial score (nSPS) is 12.7. The molecule has 1 unspecified atom stereocenters. The van der Waals surface area contributed by atoms with Crippen molar-refractivity contribution in [3.8, 4) is 0 Å². The highest BCUT2D eigenvalue weighted by molar-refractivity contribution is 9.11. The van der Waals surface area contributed by atoms with Crippen molar-refractivity contribution >= 4 is 54.8 Å². The molecule has 0 aliphatic carbocycles. The quantitative estimate of drug-likeness (QED) is 0.591. The number of hydrogen-bond acceptors (Lipinski definition) is 1. The van der Waals surface area contributed by atoms with Gasteiger partial charge in [-0.1, -0.05) is 37.9 Å². The topological polar surface area (TPSA) is 0 Å². The Morgan fingerprint density at radius 3 is 2.75 bits per heavy atom. The molecule has 0 aliphatic heterocycles. The molecule has 0 nitrogen and oxygen atoms in total. The molecule has 1 atom stereocenters. The molecule has 4 heteroatoms. The molecule has 2 aromatic rings. The molecule has 1 heterocycles. The number of hydrogen-bond donors (Lipinski definition) is 0. The molecule has 0 saturated heterocycles. The summed E-state index contributed by atoms with van der Waals surface area (Å²) in [6.07, 6.45) is 0.869. The number of rotatable bonds is 3. The minimum Gasteiger partial charge on any atom is -0.149 e. The molecule has 0 spiro atoms.